The maximum atomic E-state index is 11.8. The molecule has 0 aliphatic heterocycles. The maximum Gasteiger partial charge on any atom is 0.252 e. The van der Waals surface area contributed by atoms with Crippen LogP contribution >= 0.6 is 0 Å². The molecule has 0 saturated heterocycles. The Bertz CT molecular complexity index is 642. The lowest BCUT2D eigenvalue weighted by atomic mass is 10.1. The Balaban J connectivity index is 2.19. The van der Waals surface area contributed by atoms with E-state index in [2.05, 4.69) is 10.1 Å². The normalized spacial score (nSPS) is 9.94. The zero-order valence-corrected chi connectivity index (χ0v) is 9.11. The van der Waals surface area contributed by atoms with E-state index >= 15 is 0 Å². The molecule has 7 heteroatoms. The van der Waals surface area contributed by atoms with Gasteiger partial charge in [-0.25, -0.2) is 9.67 Å². The fraction of sp³-hybridized carbons (Fsp3) is 0.0909. The minimum atomic E-state index is -0.401. The summed E-state index contributed by atoms with van der Waals surface area (Å²) in [5, 5.41) is 30.9. The smallest absolute Gasteiger partial charge is 0.252 e. The number of ketones is 1. The van der Waals surface area contributed by atoms with Gasteiger partial charge in [-0.05, 0) is 12.1 Å². The number of Topliss-reactive ketones (excluding diaryl/α,β-unsaturated/α-hetero) is 1. The van der Waals surface area contributed by atoms with E-state index in [-0.39, 0.29) is 29.4 Å². The van der Waals surface area contributed by atoms with Gasteiger partial charge in [-0.2, -0.15) is 5.26 Å². The molecule has 0 radical (unpaired) electrons. The van der Waals surface area contributed by atoms with E-state index in [0.717, 1.165) is 6.07 Å². The fourth-order valence-electron chi connectivity index (χ4n) is 1.41. The number of carbonyl (C=O) groups is 1. The zero-order valence-electron chi connectivity index (χ0n) is 9.11. The number of phenols is 2. The third-order valence-electron chi connectivity index (χ3n) is 2.22. The minimum Gasteiger partial charge on any atom is -0.508 e. The van der Waals surface area contributed by atoms with Crippen LogP contribution in [0.4, 0.5) is 0 Å². The van der Waals surface area contributed by atoms with Crippen molar-refractivity contribution < 1.29 is 15.0 Å². The highest BCUT2D eigenvalue weighted by Crippen LogP contribution is 2.23. The molecule has 2 rings (SSSR count). The molecule has 1 heterocycles. The molecule has 2 aromatic rings. The predicted octanol–water partition coefficient (Wildman–Crippen LogP) is 0.444. The van der Waals surface area contributed by atoms with Crippen molar-refractivity contribution in [3.05, 3.63) is 35.9 Å². The van der Waals surface area contributed by atoms with Gasteiger partial charge >= 0.3 is 0 Å². The average Bonchev–Trinajstić information content (AvgIpc) is 2.76. The fourth-order valence-corrected chi connectivity index (χ4v) is 1.41. The monoisotopic (exact) mass is 244 g/mol. The second kappa shape index (κ2) is 4.55. The summed E-state index contributed by atoms with van der Waals surface area (Å²) in [6.07, 6.45) is 1.26. The highest BCUT2D eigenvalue weighted by atomic mass is 16.3. The highest BCUT2D eigenvalue weighted by Gasteiger charge is 2.13. The number of benzene rings is 1. The van der Waals surface area contributed by atoms with Crippen LogP contribution < -0.4 is 0 Å². The summed E-state index contributed by atoms with van der Waals surface area (Å²) in [6, 6.07) is 5.44. The van der Waals surface area contributed by atoms with E-state index in [1.165, 1.54) is 23.1 Å². The second-order valence-electron chi connectivity index (χ2n) is 3.50. The first-order valence-corrected chi connectivity index (χ1v) is 4.95. The second-order valence-corrected chi connectivity index (χ2v) is 3.50. The standard InChI is InChI=1S/C11H8N4O3/c12-4-11-13-6-15(14-11)5-10(18)8-2-1-7(16)3-9(8)17/h1-3,6,16-17H,5H2. The van der Waals surface area contributed by atoms with E-state index in [0.29, 0.717) is 0 Å². The van der Waals surface area contributed by atoms with Crippen LogP contribution in [0.15, 0.2) is 24.5 Å². The lowest BCUT2D eigenvalue weighted by Gasteiger charge is -2.03. The Kier molecular flexibility index (Phi) is 2.93. The molecule has 0 unspecified atom stereocenters. The zero-order chi connectivity index (χ0) is 13.1. The molecule has 1 aromatic carbocycles. The first kappa shape index (κ1) is 11.6. The molecule has 0 fully saturated rings. The third kappa shape index (κ3) is 2.27. The molecule has 0 amide bonds. The Morgan fingerprint density at radius 2 is 2.22 bits per heavy atom. The van der Waals surface area contributed by atoms with Crippen molar-refractivity contribution in [3.8, 4) is 17.6 Å². The van der Waals surface area contributed by atoms with Gasteiger partial charge in [0, 0.05) is 6.07 Å². The third-order valence-corrected chi connectivity index (χ3v) is 2.22. The van der Waals surface area contributed by atoms with E-state index in [1.807, 2.05) is 0 Å². The highest BCUT2D eigenvalue weighted by molar-refractivity contribution is 5.98. The molecule has 2 N–H and O–H groups in total. The lowest BCUT2D eigenvalue weighted by Crippen LogP contribution is -2.11. The summed E-state index contributed by atoms with van der Waals surface area (Å²) < 4.78 is 1.20. The number of aromatic hydroxyl groups is 2. The number of rotatable bonds is 3. The molecular weight excluding hydrogens is 236 g/mol. The molecule has 0 atom stereocenters. The Labute approximate surface area is 102 Å². The van der Waals surface area contributed by atoms with E-state index in [4.69, 9.17) is 10.4 Å². The van der Waals surface area contributed by atoms with Crippen LogP contribution in [0.25, 0.3) is 0 Å². The van der Waals surface area contributed by atoms with Gasteiger partial charge in [-0.3, -0.25) is 4.79 Å². The maximum absolute atomic E-state index is 11.8. The lowest BCUT2D eigenvalue weighted by molar-refractivity contribution is 0.0965. The Morgan fingerprint density at radius 1 is 1.44 bits per heavy atom. The van der Waals surface area contributed by atoms with Gasteiger partial charge in [0.05, 0.1) is 5.56 Å². The Morgan fingerprint density at radius 3 is 2.83 bits per heavy atom. The van der Waals surface area contributed by atoms with Crippen LogP contribution in [-0.4, -0.2) is 30.8 Å². The van der Waals surface area contributed by atoms with Crippen LogP contribution in [0.2, 0.25) is 0 Å². The van der Waals surface area contributed by atoms with E-state index in [1.54, 1.807) is 6.07 Å². The molecule has 7 nitrogen and oxygen atoms in total. The molecule has 0 bridgehead atoms. The van der Waals surface area contributed by atoms with Crippen LogP contribution in [-0.2, 0) is 6.54 Å². The number of carbonyl (C=O) groups excluding carboxylic acids is 1. The van der Waals surface area contributed by atoms with E-state index in [9.17, 15) is 9.90 Å². The SMILES string of the molecule is N#Cc1ncn(CC(=O)c2ccc(O)cc2O)n1. The molecule has 90 valence electrons. The van der Waals surface area contributed by atoms with Crippen LogP contribution in [0.3, 0.4) is 0 Å². The number of hydrogen-bond acceptors (Lipinski definition) is 6. The quantitative estimate of drug-likeness (QED) is 0.758. The summed E-state index contributed by atoms with van der Waals surface area (Å²) in [6.45, 7) is -0.146. The number of aromatic nitrogens is 3. The summed E-state index contributed by atoms with van der Waals surface area (Å²) >= 11 is 0. The average molecular weight is 244 g/mol. The molecule has 0 aliphatic carbocycles. The molecular formula is C11H8N4O3. The molecule has 18 heavy (non-hydrogen) atoms. The summed E-state index contributed by atoms with van der Waals surface area (Å²) in [4.78, 5) is 15.5. The number of hydrogen-bond donors (Lipinski definition) is 2. The van der Waals surface area contributed by atoms with E-state index < -0.39 is 5.78 Å². The molecule has 1 aromatic heterocycles. The summed E-state index contributed by atoms with van der Waals surface area (Å²) in [5.41, 5.74) is 0.0711. The van der Waals surface area contributed by atoms with Gasteiger partial charge < -0.3 is 10.2 Å². The van der Waals surface area contributed by atoms with Crippen molar-refractivity contribution in [3.63, 3.8) is 0 Å². The number of nitriles is 1. The van der Waals surface area contributed by atoms with Gasteiger partial charge in [-0.15, -0.1) is 5.10 Å². The topological polar surface area (TPSA) is 112 Å². The van der Waals surface area contributed by atoms with Crippen molar-refractivity contribution in [2.75, 3.05) is 0 Å². The Hall–Kier alpha value is -2.88. The van der Waals surface area contributed by atoms with Gasteiger partial charge in [0.25, 0.3) is 5.82 Å². The number of phenolic OH excluding ortho intramolecular Hbond substituents is 2. The van der Waals surface area contributed by atoms with Crippen molar-refractivity contribution in [2.24, 2.45) is 0 Å². The summed E-state index contributed by atoms with van der Waals surface area (Å²) in [5.74, 6) is -0.864. The van der Waals surface area contributed by atoms with Crippen LogP contribution in [0, 0.1) is 11.3 Å². The van der Waals surface area contributed by atoms with Gasteiger partial charge in [0.15, 0.2) is 5.78 Å². The van der Waals surface area contributed by atoms with Crippen molar-refractivity contribution >= 4 is 5.78 Å². The largest absolute Gasteiger partial charge is 0.508 e. The van der Waals surface area contributed by atoms with Gasteiger partial charge in [0.1, 0.15) is 30.4 Å². The molecule has 0 aliphatic rings. The van der Waals surface area contributed by atoms with Crippen molar-refractivity contribution in [2.45, 2.75) is 6.54 Å². The predicted molar refractivity (Wildman–Crippen MR) is 58.8 cm³/mol. The van der Waals surface area contributed by atoms with Crippen LogP contribution in [0.5, 0.6) is 11.5 Å². The number of nitrogens with zero attached hydrogens (tertiary/aromatic N) is 4. The first-order valence-electron chi connectivity index (χ1n) is 4.95. The van der Waals surface area contributed by atoms with Gasteiger partial charge in [-0.1, -0.05) is 0 Å². The van der Waals surface area contributed by atoms with Crippen molar-refractivity contribution in [1.29, 1.82) is 5.26 Å². The first-order chi connectivity index (χ1) is 8.60. The van der Waals surface area contributed by atoms with Crippen LogP contribution in [0.1, 0.15) is 16.2 Å². The molecule has 0 spiro atoms. The minimum absolute atomic E-state index is 0.0299. The van der Waals surface area contributed by atoms with Gasteiger partial charge in [0.2, 0.25) is 0 Å². The summed E-state index contributed by atoms with van der Waals surface area (Å²) in [7, 11) is 0. The van der Waals surface area contributed by atoms with Crippen molar-refractivity contribution in [1.82, 2.24) is 14.8 Å². The molecule has 0 saturated carbocycles.